The van der Waals surface area contributed by atoms with Crippen LogP contribution < -0.4 is 10.9 Å². The van der Waals surface area contributed by atoms with Gasteiger partial charge in [-0.25, -0.2) is 4.98 Å². The van der Waals surface area contributed by atoms with Gasteiger partial charge in [-0.15, -0.1) is 0 Å². The average molecular weight is 503 g/mol. The van der Waals surface area contributed by atoms with Gasteiger partial charge in [0.15, 0.2) is 0 Å². The molecule has 0 spiro atoms. The fraction of sp³-hybridized carbons (Fsp3) is 0.0741. The molecule has 5 aromatic rings. The van der Waals surface area contributed by atoms with Crippen LogP contribution in [-0.4, -0.2) is 20.4 Å². The van der Waals surface area contributed by atoms with Crippen LogP contribution in [0.3, 0.4) is 0 Å². The lowest BCUT2D eigenvalue weighted by Gasteiger charge is -2.10. The molecule has 1 amide bonds. The van der Waals surface area contributed by atoms with Crippen LogP contribution in [0.25, 0.3) is 22.2 Å². The minimum Gasteiger partial charge on any atom is -0.348 e. The first-order chi connectivity index (χ1) is 17.0. The van der Waals surface area contributed by atoms with Crippen molar-refractivity contribution in [2.75, 3.05) is 0 Å². The second kappa shape index (κ2) is 9.78. The first-order valence-corrected chi connectivity index (χ1v) is 11.7. The van der Waals surface area contributed by atoms with Crippen LogP contribution in [-0.2, 0) is 13.1 Å². The fourth-order valence-corrected chi connectivity index (χ4v) is 4.31. The molecule has 0 fully saturated rings. The molecule has 174 valence electrons. The zero-order valence-corrected chi connectivity index (χ0v) is 20.0. The summed E-state index contributed by atoms with van der Waals surface area (Å²) >= 11 is 12.1. The van der Waals surface area contributed by atoms with Gasteiger partial charge in [0.25, 0.3) is 11.5 Å². The van der Waals surface area contributed by atoms with E-state index >= 15 is 0 Å². The highest BCUT2D eigenvalue weighted by Crippen LogP contribution is 2.28. The Morgan fingerprint density at radius 1 is 0.971 bits per heavy atom. The molecule has 0 aliphatic heterocycles. The topological polar surface area (TPSA) is 79.8 Å². The van der Waals surface area contributed by atoms with Crippen molar-refractivity contribution in [3.8, 4) is 11.1 Å². The number of carbonyl (C=O) groups excluding carboxylic acids is 1. The van der Waals surface area contributed by atoms with Crippen molar-refractivity contribution in [1.29, 1.82) is 0 Å². The predicted octanol–water partition coefficient (Wildman–Crippen LogP) is 5.68. The normalized spacial score (nSPS) is 11.0. The quantitative estimate of drug-likeness (QED) is 0.313. The van der Waals surface area contributed by atoms with Crippen molar-refractivity contribution >= 4 is 40.1 Å². The molecular formula is C27H20Cl2N4O2. The summed E-state index contributed by atoms with van der Waals surface area (Å²) in [7, 11) is 0. The molecule has 2 N–H and O–H groups in total. The number of hydrogen-bond donors (Lipinski definition) is 2. The molecule has 0 aliphatic rings. The van der Waals surface area contributed by atoms with E-state index in [0.29, 0.717) is 10.0 Å². The molecule has 0 bridgehead atoms. The molecule has 0 saturated heterocycles. The molecule has 6 nitrogen and oxygen atoms in total. The number of rotatable bonds is 6. The zero-order valence-electron chi connectivity index (χ0n) is 18.5. The number of hydrogen-bond acceptors (Lipinski definition) is 3. The molecule has 3 heterocycles. The number of amides is 1. The maximum absolute atomic E-state index is 12.9. The summed E-state index contributed by atoms with van der Waals surface area (Å²) in [4.78, 5) is 33.3. The number of nitrogens with zero attached hydrogens (tertiary/aromatic N) is 2. The molecule has 0 aliphatic carbocycles. The van der Waals surface area contributed by atoms with Gasteiger partial charge in [0.05, 0.1) is 16.6 Å². The van der Waals surface area contributed by atoms with E-state index in [1.807, 2.05) is 42.6 Å². The van der Waals surface area contributed by atoms with Gasteiger partial charge in [-0.05, 0) is 59.2 Å². The number of fused-ring (bicyclic) bond motifs is 1. The van der Waals surface area contributed by atoms with Crippen LogP contribution in [0, 0.1) is 0 Å². The maximum atomic E-state index is 12.9. The van der Waals surface area contributed by atoms with Crippen LogP contribution in [0.4, 0.5) is 0 Å². The summed E-state index contributed by atoms with van der Waals surface area (Å²) < 4.78 is 1.47. The van der Waals surface area contributed by atoms with Gasteiger partial charge in [-0.1, -0.05) is 47.5 Å². The Hall–Kier alpha value is -3.87. The third-order valence-electron chi connectivity index (χ3n) is 5.74. The lowest BCUT2D eigenvalue weighted by molar-refractivity contribution is 0.0949. The molecule has 3 aromatic heterocycles. The number of aromatic nitrogens is 3. The first kappa shape index (κ1) is 22.9. The highest BCUT2D eigenvalue weighted by atomic mass is 35.5. The van der Waals surface area contributed by atoms with Crippen LogP contribution in [0.2, 0.25) is 10.0 Å². The van der Waals surface area contributed by atoms with Gasteiger partial charge in [-0.3, -0.25) is 9.59 Å². The summed E-state index contributed by atoms with van der Waals surface area (Å²) in [6.45, 7) is 0.562. The van der Waals surface area contributed by atoms with Crippen LogP contribution >= 0.6 is 23.2 Å². The summed E-state index contributed by atoms with van der Waals surface area (Å²) in [5, 5.41) is 4.75. The highest BCUT2D eigenvalue weighted by Gasteiger charge is 2.13. The van der Waals surface area contributed by atoms with Crippen LogP contribution in [0.15, 0.2) is 90.1 Å². The molecule has 0 saturated carbocycles. The number of H-pyrrole nitrogens is 1. The second-order valence-electron chi connectivity index (χ2n) is 8.09. The Morgan fingerprint density at radius 3 is 2.71 bits per heavy atom. The zero-order chi connectivity index (χ0) is 24.4. The molecule has 8 heteroatoms. The van der Waals surface area contributed by atoms with Crippen LogP contribution in [0.1, 0.15) is 21.5 Å². The summed E-state index contributed by atoms with van der Waals surface area (Å²) in [6, 6.07) is 20.2. The van der Waals surface area contributed by atoms with Gasteiger partial charge in [0.1, 0.15) is 11.2 Å². The van der Waals surface area contributed by atoms with Crippen molar-refractivity contribution in [2.45, 2.75) is 13.1 Å². The third kappa shape index (κ3) is 4.85. The van der Waals surface area contributed by atoms with Crippen molar-refractivity contribution in [1.82, 2.24) is 19.9 Å². The van der Waals surface area contributed by atoms with Crippen molar-refractivity contribution < 1.29 is 4.79 Å². The van der Waals surface area contributed by atoms with E-state index in [-0.39, 0.29) is 24.2 Å². The van der Waals surface area contributed by atoms with E-state index in [1.165, 1.54) is 10.6 Å². The van der Waals surface area contributed by atoms with Crippen molar-refractivity contribution in [3.05, 3.63) is 122 Å². The Kier molecular flexibility index (Phi) is 6.40. The molecular weight excluding hydrogens is 483 g/mol. The van der Waals surface area contributed by atoms with E-state index in [4.69, 9.17) is 23.2 Å². The highest BCUT2D eigenvalue weighted by molar-refractivity contribution is 6.42. The predicted molar refractivity (Wildman–Crippen MR) is 139 cm³/mol. The van der Waals surface area contributed by atoms with Gasteiger partial charge >= 0.3 is 0 Å². The Bertz CT molecular complexity index is 1610. The van der Waals surface area contributed by atoms with Gasteiger partial charge < -0.3 is 14.9 Å². The summed E-state index contributed by atoms with van der Waals surface area (Å²) in [6.07, 6.45) is 5.31. The van der Waals surface area contributed by atoms with Crippen molar-refractivity contribution in [3.63, 3.8) is 0 Å². The number of carbonyl (C=O) groups is 1. The minimum atomic E-state index is -0.430. The Morgan fingerprint density at radius 2 is 1.86 bits per heavy atom. The van der Waals surface area contributed by atoms with Crippen LogP contribution in [0.5, 0.6) is 0 Å². The molecule has 35 heavy (non-hydrogen) atoms. The Balaban J connectivity index is 1.32. The monoisotopic (exact) mass is 502 g/mol. The Labute approximate surface area is 211 Å². The van der Waals surface area contributed by atoms with E-state index in [1.54, 1.807) is 36.7 Å². The van der Waals surface area contributed by atoms with E-state index in [0.717, 1.165) is 33.3 Å². The number of aromatic amines is 1. The van der Waals surface area contributed by atoms with E-state index < -0.39 is 5.91 Å². The van der Waals surface area contributed by atoms with Gasteiger partial charge in [0, 0.05) is 36.1 Å². The average Bonchev–Trinajstić information content (AvgIpc) is 3.30. The third-order valence-corrected chi connectivity index (χ3v) is 6.48. The summed E-state index contributed by atoms with van der Waals surface area (Å²) in [5.74, 6) is -0.430. The maximum Gasteiger partial charge on any atom is 0.263 e. The minimum absolute atomic E-state index is 0.0754. The van der Waals surface area contributed by atoms with Gasteiger partial charge in [-0.2, -0.15) is 0 Å². The van der Waals surface area contributed by atoms with E-state index in [9.17, 15) is 9.59 Å². The standard InChI is InChI=1S/C27H20Cl2N4O2/c28-23-9-8-18(13-24(23)29)16-33-11-3-7-21(27(33)35)26(34)32-14-17-4-1-5-19(12-17)22-15-31-25-20(22)6-2-10-30-25/h1-13,15H,14,16H2,(H,30,31)(H,32,34). The molecule has 0 radical (unpaired) electrons. The SMILES string of the molecule is O=C(NCc1cccc(-c2c[nH]c3ncccc23)c1)c1cccn(Cc2ccc(Cl)c(Cl)c2)c1=O. The number of nitrogens with one attached hydrogen (secondary N) is 2. The number of pyridine rings is 2. The lowest BCUT2D eigenvalue weighted by atomic mass is 10.0. The second-order valence-corrected chi connectivity index (χ2v) is 8.90. The number of benzene rings is 2. The molecule has 0 atom stereocenters. The smallest absolute Gasteiger partial charge is 0.263 e. The largest absolute Gasteiger partial charge is 0.348 e. The lowest BCUT2D eigenvalue weighted by Crippen LogP contribution is -2.32. The molecule has 5 rings (SSSR count). The molecule has 2 aromatic carbocycles. The van der Waals surface area contributed by atoms with E-state index in [2.05, 4.69) is 15.3 Å². The molecule has 0 unspecified atom stereocenters. The fourth-order valence-electron chi connectivity index (χ4n) is 3.99. The van der Waals surface area contributed by atoms with Gasteiger partial charge in [0.2, 0.25) is 0 Å². The van der Waals surface area contributed by atoms with Crippen molar-refractivity contribution in [2.24, 2.45) is 0 Å². The first-order valence-electron chi connectivity index (χ1n) is 10.9. The number of halogens is 2. The summed E-state index contributed by atoms with van der Waals surface area (Å²) in [5.41, 5.74) is 4.30.